The van der Waals surface area contributed by atoms with Crippen LogP contribution in [0.2, 0.25) is 18.1 Å². The van der Waals surface area contributed by atoms with E-state index in [1.165, 1.54) is 0 Å². The van der Waals surface area contributed by atoms with E-state index in [-0.39, 0.29) is 59.9 Å². The molecule has 0 saturated carbocycles. The second-order valence-corrected chi connectivity index (χ2v) is 28.6. The summed E-state index contributed by atoms with van der Waals surface area (Å²) in [5, 5.41) is 13.1. The van der Waals surface area contributed by atoms with Gasteiger partial charge in [-0.15, -0.1) is 6.58 Å². The molecule has 14 nitrogen and oxygen atoms in total. The van der Waals surface area contributed by atoms with E-state index in [4.69, 9.17) is 57.5 Å². The molecule has 406 valence electrons. The van der Waals surface area contributed by atoms with Gasteiger partial charge in [-0.2, -0.15) is 0 Å². The molecule has 0 aromatic rings. The number of methoxy groups -OCH3 is 2. The maximum absolute atomic E-state index is 14.9. The molecule has 2 bridgehead atoms. The van der Waals surface area contributed by atoms with Crippen molar-refractivity contribution in [3.63, 3.8) is 0 Å². The first-order valence-corrected chi connectivity index (χ1v) is 29.8. The van der Waals surface area contributed by atoms with Gasteiger partial charge in [0.25, 0.3) is 0 Å². The van der Waals surface area contributed by atoms with Gasteiger partial charge in [-0.1, -0.05) is 97.4 Å². The monoisotopic (exact) mass is 1030 g/mol. The lowest BCUT2D eigenvalue weighted by Gasteiger charge is -2.49. The Labute approximate surface area is 432 Å². The van der Waals surface area contributed by atoms with E-state index in [2.05, 4.69) is 93.3 Å². The molecule has 0 radical (unpaired) electrons. The van der Waals surface area contributed by atoms with E-state index in [0.29, 0.717) is 44.1 Å². The van der Waals surface area contributed by atoms with Crippen molar-refractivity contribution in [3.05, 3.63) is 71.9 Å². The number of nitrogens with two attached hydrogens (primary N) is 1. The van der Waals surface area contributed by atoms with E-state index in [1.54, 1.807) is 20.3 Å². The minimum absolute atomic E-state index is 0.0881. The number of carbonyl (C=O) groups is 1. The fraction of sp³-hybridized carbons (Fsp3) is 0.772. The van der Waals surface area contributed by atoms with Gasteiger partial charge in [0.2, 0.25) is 0 Å². The molecule has 1 spiro atoms. The molecule has 0 amide bonds. The summed E-state index contributed by atoms with van der Waals surface area (Å²) in [5.74, 6) is -2.40. The van der Waals surface area contributed by atoms with E-state index in [0.717, 1.165) is 17.6 Å². The van der Waals surface area contributed by atoms with Crippen molar-refractivity contribution >= 4 is 14.3 Å². The predicted molar refractivity (Wildman–Crippen MR) is 279 cm³/mol. The average Bonchev–Trinajstić information content (AvgIpc) is 3.65. The van der Waals surface area contributed by atoms with Crippen LogP contribution in [0, 0.1) is 23.7 Å². The van der Waals surface area contributed by atoms with Crippen LogP contribution in [0.25, 0.3) is 0 Å². The molecular formula is C57H91NO13Si. The highest BCUT2D eigenvalue weighted by Gasteiger charge is 2.62. The number of esters is 1. The maximum atomic E-state index is 14.9. The van der Waals surface area contributed by atoms with Gasteiger partial charge < -0.3 is 62.6 Å². The third kappa shape index (κ3) is 11.6. The first kappa shape index (κ1) is 57.4. The lowest BCUT2D eigenvalue weighted by Crippen LogP contribution is -2.65. The standard InChI is InChI=1S/C57H91NO13Si/c1-17-25-56(58)39(9)65-47(30-45(56)62-14)68-51-38(8)64-46(29-44(51)61-13)67-48-34(4)20-19-21-40-32-63-52-50(71-72(15,16)54(10,11)12)37(7)27-43(57(40,52)60)53(59)66-42-28-41(23-22-35(48)5)69-55(31-42)26-24-36(6)49(70-55)33(3)18-2/h17,19-22,24,26-27,33-34,36,38-39,41-52,60H,1,18,23,25,28-32,58H2,2-16H3/b20-19+,35-22+,40-21+/t33?,34-,36-,38-,39-,41+,42-,43-,44-,45-,46-,47-,48-,49+,50+,51-,52+,55+,56-,57+/m0/s1. The summed E-state index contributed by atoms with van der Waals surface area (Å²) < 4.78 is 73.0. The quantitative estimate of drug-likeness (QED) is 0.108. The van der Waals surface area contributed by atoms with Crippen molar-refractivity contribution < 1.29 is 61.7 Å². The van der Waals surface area contributed by atoms with Crippen molar-refractivity contribution in [1.29, 1.82) is 0 Å². The van der Waals surface area contributed by atoms with E-state index < -0.39 is 86.3 Å². The normalized spacial score (nSPS) is 45.5. The highest BCUT2D eigenvalue weighted by Crippen LogP contribution is 2.50. The molecule has 7 aliphatic rings. The Balaban J connectivity index is 1.21. The fourth-order valence-electron chi connectivity index (χ4n) is 11.9. The number of hydrogen-bond acceptors (Lipinski definition) is 14. The number of hydrogen-bond donors (Lipinski definition) is 2. The Morgan fingerprint density at radius 3 is 2.35 bits per heavy atom. The van der Waals surface area contributed by atoms with Crippen molar-refractivity contribution in [1.82, 2.24) is 0 Å². The molecule has 7 rings (SSSR count). The van der Waals surface area contributed by atoms with Crippen LogP contribution in [0.5, 0.6) is 0 Å². The average molecular weight is 1030 g/mol. The van der Waals surface area contributed by atoms with Crippen molar-refractivity contribution in [2.24, 2.45) is 29.4 Å². The number of aliphatic hydroxyl groups is 1. The maximum Gasteiger partial charge on any atom is 0.316 e. The van der Waals surface area contributed by atoms with Gasteiger partial charge in [-0.25, -0.2) is 0 Å². The molecule has 3 N–H and O–H groups in total. The third-order valence-corrected chi connectivity index (χ3v) is 22.1. The van der Waals surface area contributed by atoms with Crippen molar-refractivity contribution in [3.8, 4) is 0 Å². The lowest BCUT2D eigenvalue weighted by atomic mass is 9.71. The zero-order chi connectivity index (χ0) is 52.7. The van der Waals surface area contributed by atoms with Crippen molar-refractivity contribution in [2.75, 3.05) is 20.8 Å². The van der Waals surface area contributed by atoms with Gasteiger partial charge in [-0.3, -0.25) is 4.79 Å². The molecule has 4 fully saturated rings. The molecule has 15 heteroatoms. The molecule has 0 aromatic carbocycles. The summed E-state index contributed by atoms with van der Waals surface area (Å²) >= 11 is 0. The molecule has 6 aliphatic heterocycles. The van der Waals surface area contributed by atoms with Gasteiger partial charge in [-0.05, 0) is 87.4 Å². The smallest absolute Gasteiger partial charge is 0.316 e. The first-order chi connectivity index (χ1) is 33.8. The zero-order valence-electron chi connectivity index (χ0n) is 46.2. The molecule has 20 atom stereocenters. The number of fused-ring (bicyclic) bond motifs is 2. The largest absolute Gasteiger partial charge is 0.462 e. The molecule has 1 unspecified atom stereocenters. The van der Waals surface area contributed by atoms with Crippen LogP contribution in [0.3, 0.4) is 0 Å². The molecule has 72 heavy (non-hydrogen) atoms. The third-order valence-electron chi connectivity index (χ3n) is 17.6. The fourth-order valence-corrected chi connectivity index (χ4v) is 13.2. The number of allylic oxidation sites excluding steroid dienone is 2. The van der Waals surface area contributed by atoms with Crippen molar-refractivity contribution in [2.45, 2.75) is 236 Å². The van der Waals surface area contributed by atoms with Gasteiger partial charge in [0, 0.05) is 51.7 Å². The Morgan fingerprint density at radius 1 is 0.958 bits per heavy atom. The number of carbonyl (C=O) groups excluding carboxylic acids is 1. The summed E-state index contributed by atoms with van der Waals surface area (Å²) in [6, 6.07) is 0. The van der Waals surface area contributed by atoms with Gasteiger partial charge in [0.1, 0.15) is 29.8 Å². The highest BCUT2D eigenvalue weighted by molar-refractivity contribution is 6.74. The summed E-state index contributed by atoms with van der Waals surface area (Å²) in [4.78, 5) is 14.9. The Morgan fingerprint density at radius 2 is 1.68 bits per heavy atom. The molecule has 0 aromatic heterocycles. The predicted octanol–water partition coefficient (Wildman–Crippen LogP) is 9.32. The first-order valence-electron chi connectivity index (χ1n) is 26.9. The van der Waals surface area contributed by atoms with Crippen LogP contribution < -0.4 is 5.73 Å². The van der Waals surface area contributed by atoms with E-state index in [1.807, 2.05) is 45.1 Å². The highest BCUT2D eigenvalue weighted by atomic mass is 28.4. The van der Waals surface area contributed by atoms with E-state index >= 15 is 0 Å². The van der Waals surface area contributed by atoms with Crippen LogP contribution in [-0.2, 0) is 56.6 Å². The second kappa shape index (κ2) is 22.7. The Hall–Kier alpha value is -2.35. The molecular weight excluding hydrogens is 935 g/mol. The van der Waals surface area contributed by atoms with Gasteiger partial charge in [0.05, 0.1) is 61.0 Å². The second-order valence-electron chi connectivity index (χ2n) is 23.8. The van der Waals surface area contributed by atoms with Gasteiger partial charge >= 0.3 is 5.97 Å². The minimum Gasteiger partial charge on any atom is -0.462 e. The SMILES string of the molecule is C=CC[C@]1(N)[C@H](C)O[C@@H](O[C@H]2[C@H](C)O[C@@H](O[C@@H]3/C(C)=C/C[C@@H]4C[C@@H](C[C@]5(C=C[C@H](C)[C@@H](C(C)CC)O5)O4)OC(=O)[C@@H]4C=C(C)[C@@H](O[Si](C)(C)C(C)(C)C)[C@H]5OC/C(=C\C=C\[C@@H]3C)[C@]54O)C[C@@H]2OC)C[C@@H]1OC. The Kier molecular flexibility index (Phi) is 18.1. The number of ether oxygens (including phenoxy) is 10. The van der Waals surface area contributed by atoms with Crippen LogP contribution in [-0.4, -0.2) is 137 Å². The van der Waals surface area contributed by atoms with Crippen LogP contribution in [0.1, 0.15) is 121 Å². The van der Waals surface area contributed by atoms with Gasteiger partial charge in [0.15, 0.2) is 26.7 Å². The van der Waals surface area contributed by atoms with E-state index in [9.17, 15) is 9.90 Å². The summed E-state index contributed by atoms with van der Waals surface area (Å²) in [6.45, 7) is 31.6. The Bertz CT molecular complexity index is 2070. The molecule has 6 heterocycles. The molecule has 1 aliphatic carbocycles. The molecule has 4 saturated heterocycles. The lowest BCUT2D eigenvalue weighted by molar-refractivity contribution is -0.316. The van der Waals surface area contributed by atoms with Crippen LogP contribution in [0.15, 0.2) is 71.9 Å². The van der Waals surface area contributed by atoms with Crippen LogP contribution in [0.4, 0.5) is 0 Å². The number of rotatable bonds is 12. The summed E-state index contributed by atoms with van der Waals surface area (Å²) in [7, 11) is 0.971. The zero-order valence-corrected chi connectivity index (χ0v) is 47.2. The topological polar surface area (TPSA) is 165 Å². The van der Waals surface area contributed by atoms with Crippen LogP contribution >= 0.6 is 0 Å². The summed E-state index contributed by atoms with van der Waals surface area (Å²) in [5.41, 5.74) is 6.75. The minimum atomic E-state index is -2.38. The summed E-state index contributed by atoms with van der Waals surface area (Å²) in [6.07, 6.45) is 13.5.